The number of hydrogen-bond acceptors (Lipinski definition) is 2. The van der Waals surface area contributed by atoms with Gasteiger partial charge in [0.2, 0.25) is 0 Å². The van der Waals surface area contributed by atoms with Crippen molar-refractivity contribution in [2.75, 3.05) is 0 Å². The second-order valence-corrected chi connectivity index (χ2v) is 4.02. The molecule has 3 heteroatoms. The first-order valence-corrected chi connectivity index (χ1v) is 4.11. The smallest absolute Gasteiger partial charge is 0.308 e. The van der Waals surface area contributed by atoms with Crippen molar-refractivity contribution in [3.05, 3.63) is 0 Å². The average Bonchev–Trinajstić information content (AvgIpc) is 2.54. The molecule has 2 fully saturated rings. The molecule has 2 aliphatic rings. The van der Waals surface area contributed by atoms with Gasteiger partial charge in [-0.15, -0.1) is 0 Å². The molecule has 0 aliphatic heterocycles. The van der Waals surface area contributed by atoms with Crippen LogP contribution in [0.1, 0.15) is 25.7 Å². The first-order chi connectivity index (χ1) is 5.13. The molecular weight excluding hydrogens is 142 g/mol. The first kappa shape index (κ1) is 7.10. The summed E-state index contributed by atoms with van der Waals surface area (Å²) in [5, 5.41) is 8.76. The molecule has 0 aromatic rings. The Bertz CT molecular complexity index is 198. The van der Waals surface area contributed by atoms with Crippen LogP contribution in [0.2, 0.25) is 0 Å². The fourth-order valence-electron chi connectivity index (χ4n) is 2.20. The van der Waals surface area contributed by atoms with Gasteiger partial charge in [-0.1, -0.05) is 0 Å². The highest BCUT2D eigenvalue weighted by Crippen LogP contribution is 2.59. The predicted octanol–water partition coefficient (Wildman–Crippen LogP) is 0.588. The highest BCUT2D eigenvalue weighted by molar-refractivity contribution is 5.71. The van der Waals surface area contributed by atoms with Crippen molar-refractivity contribution >= 4 is 5.97 Å². The molecule has 11 heavy (non-hydrogen) atoms. The summed E-state index contributed by atoms with van der Waals surface area (Å²) in [5.41, 5.74) is 6.08. The van der Waals surface area contributed by atoms with E-state index in [0.29, 0.717) is 5.41 Å². The van der Waals surface area contributed by atoms with Crippen LogP contribution >= 0.6 is 0 Å². The van der Waals surface area contributed by atoms with Crippen LogP contribution in [-0.4, -0.2) is 17.1 Å². The summed E-state index contributed by atoms with van der Waals surface area (Å²) in [6.07, 6.45) is 4.16. The summed E-state index contributed by atoms with van der Waals surface area (Å²) in [6.45, 7) is 0. The van der Waals surface area contributed by atoms with Gasteiger partial charge in [-0.2, -0.15) is 0 Å². The second kappa shape index (κ2) is 1.97. The quantitative estimate of drug-likeness (QED) is 0.582. The lowest BCUT2D eigenvalue weighted by Crippen LogP contribution is -2.30. The molecule has 2 rings (SSSR count). The van der Waals surface area contributed by atoms with E-state index in [0.717, 1.165) is 12.8 Å². The van der Waals surface area contributed by atoms with Crippen LogP contribution in [0.5, 0.6) is 0 Å². The van der Waals surface area contributed by atoms with Crippen LogP contribution in [0.4, 0.5) is 0 Å². The van der Waals surface area contributed by atoms with Gasteiger partial charge in [0.15, 0.2) is 0 Å². The number of aliphatic carboxylic acids is 1. The Kier molecular flexibility index (Phi) is 1.27. The molecule has 0 aromatic heterocycles. The topological polar surface area (TPSA) is 63.3 Å². The van der Waals surface area contributed by atoms with Gasteiger partial charge in [0, 0.05) is 6.04 Å². The standard InChI is InChI=1S/C8H13NO2/c9-6-4-8(1-2-8)3-5(6)7(10)11/h5-6H,1-4,9H2,(H,10,11). The average molecular weight is 155 g/mol. The fraction of sp³-hybridized carbons (Fsp3) is 0.875. The van der Waals surface area contributed by atoms with Gasteiger partial charge in [0.25, 0.3) is 0 Å². The van der Waals surface area contributed by atoms with Gasteiger partial charge in [0.1, 0.15) is 0 Å². The third kappa shape index (κ3) is 1.03. The van der Waals surface area contributed by atoms with E-state index in [4.69, 9.17) is 10.8 Å². The third-order valence-corrected chi connectivity index (χ3v) is 3.11. The molecule has 0 saturated heterocycles. The van der Waals surface area contributed by atoms with E-state index >= 15 is 0 Å². The Morgan fingerprint density at radius 3 is 2.36 bits per heavy atom. The van der Waals surface area contributed by atoms with Crippen molar-refractivity contribution in [3.63, 3.8) is 0 Å². The number of hydrogen-bond donors (Lipinski definition) is 2. The molecule has 0 heterocycles. The number of nitrogens with two attached hydrogens (primary N) is 1. The summed E-state index contributed by atoms with van der Waals surface area (Å²) < 4.78 is 0. The largest absolute Gasteiger partial charge is 0.481 e. The zero-order chi connectivity index (χ0) is 8.06. The van der Waals surface area contributed by atoms with Crippen LogP contribution in [-0.2, 0) is 4.79 Å². The van der Waals surface area contributed by atoms with Gasteiger partial charge in [-0.3, -0.25) is 4.79 Å². The molecule has 62 valence electrons. The lowest BCUT2D eigenvalue weighted by atomic mass is 10.0. The number of carbonyl (C=O) groups is 1. The van der Waals surface area contributed by atoms with Crippen LogP contribution in [0.3, 0.4) is 0 Å². The molecular formula is C8H13NO2. The summed E-state index contributed by atoms with van der Waals surface area (Å²) in [6, 6.07) is -0.0880. The van der Waals surface area contributed by atoms with Gasteiger partial charge >= 0.3 is 5.97 Å². The monoisotopic (exact) mass is 155 g/mol. The predicted molar refractivity (Wildman–Crippen MR) is 40.0 cm³/mol. The maximum absolute atomic E-state index is 10.6. The number of carboxylic acid groups (broad SMARTS) is 1. The maximum Gasteiger partial charge on any atom is 0.308 e. The summed E-state index contributed by atoms with van der Waals surface area (Å²) in [5.74, 6) is -0.973. The lowest BCUT2D eigenvalue weighted by Gasteiger charge is -2.07. The molecule has 1 spiro atoms. The number of rotatable bonds is 1. The van der Waals surface area contributed by atoms with E-state index in [-0.39, 0.29) is 12.0 Å². The van der Waals surface area contributed by atoms with Crippen molar-refractivity contribution in [1.82, 2.24) is 0 Å². The normalized spacial score (nSPS) is 39.4. The summed E-state index contributed by atoms with van der Waals surface area (Å²) in [4.78, 5) is 10.6. The molecule has 0 amide bonds. The van der Waals surface area contributed by atoms with E-state index in [1.807, 2.05) is 0 Å². The van der Waals surface area contributed by atoms with Crippen molar-refractivity contribution in [3.8, 4) is 0 Å². The molecule has 0 aromatic carbocycles. The number of carboxylic acids is 1. The fourth-order valence-corrected chi connectivity index (χ4v) is 2.20. The Hall–Kier alpha value is -0.570. The van der Waals surface area contributed by atoms with Gasteiger partial charge in [-0.25, -0.2) is 0 Å². The lowest BCUT2D eigenvalue weighted by molar-refractivity contribution is -0.142. The van der Waals surface area contributed by atoms with E-state index in [1.54, 1.807) is 0 Å². The summed E-state index contributed by atoms with van der Waals surface area (Å²) in [7, 11) is 0. The van der Waals surface area contributed by atoms with Crippen molar-refractivity contribution < 1.29 is 9.90 Å². The van der Waals surface area contributed by atoms with Crippen LogP contribution < -0.4 is 5.73 Å². The maximum atomic E-state index is 10.6. The van der Waals surface area contributed by atoms with Crippen molar-refractivity contribution in [2.45, 2.75) is 31.7 Å². The van der Waals surface area contributed by atoms with E-state index in [1.165, 1.54) is 12.8 Å². The SMILES string of the molecule is NC1CC2(CC2)CC1C(=O)O. The van der Waals surface area contributed by atoms with Gasteiger partial charge in [-0.05, 0) is 31.1 Å². The van der Waals surface area contributed by atoms with Gasteiger partial charge < -0.3 is 10.8 Å². The van der Waals surface area contributed by atoms with Crippen molar-refractivity contribution in [1.29, 1.82) is 0 Å². The molecule has 2 atom stereocenters. The zero-order valence-corrected chi connectivity index (χ0v) is 6.42. The third-order valence-electron chi connectivity index (χ3n) is 3.11. The Morgan fingerprint density at radius 2 is 2.09 bits per heavy atom. The molecule has 3 N–H and O–H groups in total. The Balaban J connectivity index is 2.08. The van der Waals surface area contributed by atoms with Crippen LogP contribution in [0.25, 0.3) is 0 Å². The minimum absolute atomic E-state index is 0.0880. The Morgan fingerprint density at radius 1 is 1.45 bits per heavy atom. The molecule has 0 radical (unpaired) electrons. The molecule has 2 saturated carbocycles. The highest BCUT2D eigenvalue weighted by atomic mass is 16.4. The van der Waals surface area contributed by atoms with E-state index in [2.05, 4.69) is 0 Å². The minimum Gasteiger partial charge on any atom is -0.481 e. The minimum atomic E-state index is -0.707. The van der Waals surface area contributed by atoms with E-state index < -0.39 is 5.97 Å². The van der Waals surface area contributed by atoms with E-state index in [9.17, 15) is 4.79 Å². The van der Waals surface area contributed by atoms with Crippen LogP contribution in [0.15, 0.2) is 0 Å². The molecule has 0 bridgehead atoms. The highest BCUT2D eigenvalue weighted by Gasteiger charge is 2.53. The van der Waals surface area contributed by atoms with Crippen molar-refractivity contribution in [2.24, 2.45) is 17.1 Å². The zero-order valence-electron chi connectivity index (χ0n) is 6.42. The van der Waals surface area contributed by atoms with Crippen LogP contribution in [0, 0.1) is 11.3 Å². The first-order valence-electron chi connectivity index (χ1n) is 4.11. The molecule has 2 aliphatic carbocycles. The second-order valence-electron chi connectivity index (χ2n) is 4.02. The molecule has 3 nitrogen and oxygen atoms in total. The van der Waals surface area contributed by atoms with Gasteiger partial charge in [0.05, 0.1) is 5.92 Å². The summed E-state index contributed by atoms with van der Waals surface area (Å²) >= 11 is 0. The Labute approximate surface area is 65.6 Å². The molecule has 2 unspecified atom stereocenters.